The molecule has 8 nitrogen and oxygen atoms in total. The van der Waals surface area contributed by atoms with E-state index in [9.17, 15) is 28.4 Å². The van der Waals surface area contributed by atoms with Crippen molar-refractivity contribution < 1.29 is 23.2 Å². The molecule has 1 aromatic rings. The predicted molar refractivity (Wildman–Crippen MR) is 88.5 cm³/mol. The first-order valence-corrected chi connectivity index (χ1v) is 8.86. The van der Waals surface area contributed by atoms with E-state index in [0.717, 1.165) is 12.1 Å². The van der Waals surface area contributed by atoms with Crippen LogP contribution in [0.25, 0.3) is 0 Å². The molecule has 0 fully saturated rings. The fourth-order valence-corrected chi connectivity index (χ4v) is 4.34. The smallest absolute Gasteiger partial charge is 0.325 e. The number of carboxylic acids is 1. The van der Waals surface area contributed by atoms with Crippen LogP contribution in [0.3, 0.4) is 0 Å². The SMILES string of the molecule is CC[C@@](NS(=O)(=O)c1ccc(Cl)cc1[N+](=O)[O-])(C(=O)O)C(C)(C)C. The van der Waals surface area contributed by atoms with Crippen molar-refractivity contribution >= 4 is 33.3 Å². The molecule has 0 aliphatic carbocycles. The van der Waals surface area contributed by atoms with Gasteiger partial charge in [-0.2, -0.15) is 4.72 Å². The highest BCUT2D eigenvalue weighted by Crippen LogP contribution is 2.36. The monoisotopic (exact) mass is 378 g/mol. The molecule has 0 saturated heterocycles. The van der Waals surface area contributed by atoms with E-state index in [1.54, 1.807) is 20.8 Å². The second-order valence-electron chi connectivity index (χ2n) is 6.29. The van der Waals surface area contributed by atoms with Crippen molar-refractivity contribution in [2.24, 2.45) is 5.41 Å². The Hall–Kier alpha value is -1.71. The fraction of sp³-hybridized carbons (Fsp3) is 0.500. The zero-order chi connectivity index (χ0) is 18.9. The molecular weight excluding hydrogens is 360 g/mol. The Morgan fingerprint density at radius 3 is 2.29 bits per heavy atom. The van der Waals surface area contributed by atoms with E-state index in [0.29, 0.717) is 0 Å². The molecule has 10 heteroatoms. The van der Waals surface area contributed by atoms with Crippen molar-refractivity contribution in [1.82, 2.24) is 4.72 Å². The van der Waals surface area contributed by atoms with E-state index in [-0.39, 0.29) is 11.4 Å². The van der Waals surface area contributed by atoms with Crippen LogP contribution in [0.1, 0.15) is 34.1 Å². The van der Waals surface area contributed by atoms with Crippen molar-refractivity contribution in [3.05, 3.63) is 33.3 Å². The Morgan fingerprint density at radius 2 is 1.92 bits per heavy atom. The van der Waals surface area contributed by atoms with Crippen LogP contribution in [0.5, 0.6) is 0 Å². The number of rotatable bonds is 6. The van der Waals surface area contributed by atoms with E-state index in [1.165, 1.54) is 13.0 Å². The molecule has 0 aromatic heterocycles. The summed E-state index contributed by atoms with van der Waals surface area (Å²) in [7, 11) is -4.48. The van der Waals surface area contributed by atoms with Crippen LogP contribution in [-0.2, 0) is 14.8 Å². The third-order valence-electron chi connectivity index (χ3n) is 3.89. The second-order valence-corrected chi connectivity index (χ2v) is 8.38. The molecule has 24 heavy (non-hydrogen) atoms. The number of aliphatic carboxylic acids is 1. The van der Waals surface area contributed by atoms with Crippen LogP contribution in [0.15, 0.2) is 23.1 Å². The number of carbonyl (C=O) groups is 1. The van der Waals surface area contributed by atoms with Gasteiger partial charge in [0.2, 0.25) is 10.0 Å². The van der Waals surface area contributed by atoms with Gasteiger partial charge in [0.05, 0.1) is 4.92 Å². The van der Waals surface area contributed by atoms with Gasteiger partial charge in [0, 0.05) is 11.1 Å². The highest BCUT2D eigenvalue weighted by Gasteiger charge is 2.51. The summed E-state index contributed by atoms with van der Waals surface area (Å²) in [6.45, 7) is 6.24. The summed E-state index contributed by atoms with van der Waals surface area (Å²) < 4.78 is 27.5. The third-order valence-corrected chi connectivity index (χ3v) is 5.67. The lowest BCUT2D eigenvalue weighted by Crippen LogP contribution is -2.61. The summed E-state index contributed by atoms with van der Waals surface area (Å²) in [4.78, 5) is 21.4. The van der Waals surface area contributed by atoms with Crippen molar-refractivity contribution in [3.63, 3.8) is 0 Å². The van der Waals surface area contributed by atoms with Crippen LogP contribution in [-0.4, -0.2) is 30.0 Å². The lowest BCUT2D eigenvalue weighted by atomic mass is 9.72. The largest absolute Gasteiger partial charge is 0.480 e. The first kappa shape index (κ1) is 20.3. The number of sulfonamides is 1. The lowest BCUT2D eigenvalue weighted by Gasteiger charge is -2.40. The molecular formula is C14H19ClN2O6S. The molecule has 1 aromatic carbocycles. The zero-order valence-electron chi connectivity index (χ0n) is 13.7. The summed E-state index contributed by atoms with van der Waals surface area (Å²) in [5, 5.41) is 20.7. The number of carboxylic acid groups (broad SMARTS) is 1. The number of nitrogens with zero attached hydrogens (tertiary/aromatic N) is 1. The zero-order valence-corrected chi connectivity index (χ0v) is 15.2. The molecule has 0 radical (unpaired) electrons. The van der Waals surface area contributed by atoms with Gasteiger partial charge < -0.3 is 5.11 Å². The summed E-state index contributed by atoms with van der Waals surface area (Å²) in [5.41, 5.74) is -3.54. The number of benzene rings is 1. The lowest BCUT2D eigenvalue weighted by molar-refractivity contribution is -0.387. The molecule has 0 aliphatic heterocycles. The number of hydrogen-bond acceptors (Lipinski definition) is 5. The van der Waals surface area contributed by atoms with Crippen LogP contribution in [0.4, 0.5) is 5.69 Å². The van der Waals surface area contributed by atoms with Crippen molar-refractivity contribution in [2.75, 3.05) is 0 Å². The van der Waals surface area contributed by atoms with E-state index >= 15 is 0 Å². The second kappa shape index (κ2) is 6.66. The normalized spacial score (nSPS) is 14.9. The molecule has 0 heterocycles. The average molecular weight is 379 g/mol. The maximum Gasteiger partial charge on any atom is 0.325 e. The maximum atomic E-state index is 12.7. The van der Waals surface area contributed by atoms with Gasteiger partial charge in [0.15, 0.2) is 4.90 Å². The minimum atomic E-state index is -4.48. The molecule has 0 unspecified atom stereocenters. The number of halogens is 1. The van der Waals surface area contributed by atoms with Gasteiger partial charge in [-0.1, -0.05) is 39.3 Å². The van der Waals surface area contributed by atoms with Crippen molar-refractivity contribution in [1.29, 1.82) is 0 Å². The standard InChI is InChI=1S/C14H19ClN2O6S/c1-5-14(12(18)19,13(2,3)4)16-24(22,23)11-7-6-9(15)8-10(11)17(20)21/h6-8,16H,5H2,1-4H3,(H,18,19)/t14-/m1/s1. The quantitative estimate of drug-likeness (QED) is 0.578. The molecule has 0 aliphatic rings. The number of hydrogen-bond donors (Lipinski definition) is 2. The maximum absolute atomic E-state index is 12.7. The molecule has 0 amide bonds. The Bertz CT molecular complexity index is 772. The molecule has 0 bridgehead atoms. The summed E-state index contributed by atoms with van der Waals surface area (Å²) >= 11 is 5.68. The van der Waals surface area contributed by atoms with Gasteiger partial charge in [0.25, 0.3) is 5.69 Å². The van der Waals surface area contributed by atoms with E-state index in [4.69, 9.17) is 11.6 Å². The van der Waals surface area contributed by atoms with Gasteiger partial charge >= 0.3 is 5.97 Å². The summed E-state index contributed by atoms with van der Waals surface area (Å²) in [6, 6.07) is 3.07. The Labute approximate surface area is 145 Å². The molecule has 2 N–H and O–H groups in total. The van der Waals surface area contributed by atoms with Gasteiger partial charge in [-0.3, -0.25) is 14.9 Å². The third kappa shape index (κ3) is 3.68. The molecule has 1 rings (SSSR count). The predicted octanol–water partition coefficient (Wildman–Crippen LogP) is 2.81. The minimum absolute atomic E-state index is 0.00328. The molecule has 1 atom stereocenters. The first-order valence-electron chi connectivity index (χ1n) is 7.00. The van der Waals surface area contributed by atoms with Crippen LogP contribution in [0, 0.1) is 15.5 Å². The first-order chi connectivity index (χ1) is 10.8. The van der Waals surface area contributed by atoms with Crippen LogP contribution in [0.2, 0.25) is 5.02 Å². The van der Waals surface area contributed by atoms with Gasteiger partial charge in [-0.25, -0.2) is 8.42 Å². The topological polar surface area (TPSA) is 127 Å². The highest BCUT2D eigenvalue weighted by atomic mass is 35.5. The molecule has 134 valence electrons. The van der Waals surface area contributed by atoms with Crippen LogP contribution < -0.4 is 4.72 Å². The van der Waals surface area contributed by atoms with Gasteiger partial charge in [-0.05, 0) is 24.0 Å². The Balaban J connectivity index is 3.56. The Morgan fingerprint density at radius 1 is 1.38 bits per heavy atom. The average Bonchev–Trinajstić information content (AvgIpc) is 2.42. The minimum Gasteiger partial charge on any atom is -0.480 e. The highest BCUT2D eigenvalue weighted by molar-refractivity contribution is 7.89. The van der Waals surface area contributed by atoms with E-state index < -0.39 is 42.5 Å². The van der Waals surface area contributed by atoms with E-state index in [2.05, 4.69) is 4.72 Å². The molecule has 0 saturated carbocycles. The van der Waals surface area contributed by atoms with Crippen LogP contribution >= 0.6 is 11.6 Å². The number of nitro benzene ring substituents is 1. The number of nitrogens with one attached hydrogen (secondary N) is 1. The summed E-state index contributed by atoms with van der Waals surface area (Å²) in [6.07, 6.45) is -0.0492. The Kier molecular flexibility index (Phi) is 5.64. The van der Waals surface area contributed by atoms with Gasteiger partial charge in [-0.15, -0.1) is 0 Å². The summed E-state index contributed by atoms with van der Waals surface area (Å²) in [5.74, 6) is -1.36. The van der Waals surface area contributed by atoms with Gasteiger partial charge in [0.1, 0.15) is 5.54 Å². The van der Waals surface area contributed by atoms with E-state index in [1.807, 2.05) is 0 Å². The molecule has 0 spiro atoms. The van der Waals surface area contributed by atoms with Crippen molar-refractivity contribution in [2.45, 2.75) is 44.6 Å². The van der Waals surface area contributed by atoms with Crippen molar-refractivity contribution in [3.8, 4) is 0 Å². The number of nitro groups is 1. The fourth-order valence-electron chi connectivity index (χ4n) is 2.42.